The summed E-state index contributed by atoms with van der Waals surface area (Å²) in [5.74, 6) is -0.251. The van der Waals surface area contributed by atoms with Gasteiger partial charge in [0.25, 0.3) is 0 Å². The molecule has 0 atom stereocenters. The molecular weight excluding hydrogens is 385 g/mol. The highest BCUT2D eigenvalue weighted by atomic mass is 35.5. The van der Waals surface area contributed by atoms with E-state index in [4.69, 9.17) is 16.7 Å². The van der Waals surface area contributed by atoms with Gasteiger partial charge in [0.2, 0.25) is 0 Å². The second kappa shape index (κ2) is 8.41. The van der Waals surface area contributed by atoms with E-state index in [9.17, 15) is 4.39 Å². The number of benzene rings is 2. The molecule has 0 aliphatic rings. The molecule has 0 radical (unpaired) electrons. The van der Waals surface area contributed by atoms with Crippen LogP contribution in [-0.2, 0) is 6.42 Å². The summed E-state index contributed by atoms with van der Waals surface area (Å²) in [4.78, 5) is 4.63. The summed E-state index contributed by atoms with van der Waals surface area (Å²) < 4.78 is 15.1. The summed E-state index contributed by atoms with van der Waals surface area (Å²) in [6.07, 6.45) is 4.42. The number of rotatable bonds is 5. The molecule has 0 saturated heterocycles. The van der Waals surface area contributed by atoms with E-state index >= 15 is 0 Å². The van der Waals surface area contributed by atoms with Crippen LogP contribution in [0.1, 0.15) is 17.0 Å². The van der Waals surface area contributed by atoms with Crippen LogP contribution in [0.4, 0.5) is 4.39 Å². The summed E-state index contributed by atoms with van der Waals surface area (Å²) in [5.41, 5.74) is 5.61. The number of hydrogen-bond acceptors (Lipinski definition) is 2. The van der Waals surface area contributed by atoms with Crippen molar-refractivity contribution in [1.29, 1.82) is 0 Å². The van der Waals surface area contributed by atoms with Gasteiger partial charge < -0.3 is 0 Å². The molecule has 4 rings (SSSR count). The van der Waals surface area contributed by atoms with Gasteiger partial charge in [0.15, 0.2) is 0 Å². The number of pyridine rings is 1. The topological polar surface area (TPSA) is 30.2 Å². The normalized spacial score (nSPS) is 11.6. The van der Waals surface area contributed by atoms with Crippen molar-refractivity contribution in [2.24, 2.45) is 5.10 Å². The Morgan fingerprint density at radius 1 is 0.966 bits per heavy atom. The fourth-order valence-corrected chi connectivity index (χ4v) is 3.20. The molecule has 0 N–H and O–H groups in total. The lowest BCUT2D eigenvalue weighted by Crippen LogP contribution is -2.10. The first-order valence-electron chi connectivity index (χ1n) is 9.27. The Morgan fingerprint density at radius 2 is 1.72 bits per heavy atom. The highest BCUT2D eigenvalue weighted by Gasteiger charge is 2.09. The zero-order valence-corrected chi connectivity index (χ0v) is 16.6. The molecular formula is C24H19ClFN3. The highest BCUT2D eigenvalue weighted by Crippen LogP contribution is 2.22. The zero-order chi connectivity index (χ0) is 20.2. The largest absolute Gasteiger partial charge is 0.252 e. The molecule has 144 valence electrons. The average molecular weight is 404 g/mol. The molecule has 4 aromatic rings. The third kappa shape index (κ3) is 4.79. The van der Waals surface area contributed by atoms with Crippen LogP contribution in [-0.4, -0.2) is 15.4 Å². The molecule has 0 aliphatic heterocycles. The van der Waals surface area contributed by atoms with Gasteiger partial charge >= 0.3 is 0 Å². The van der Waals surface area contributed by atoms with E-state index < -0.39 is 0 Å². The molecule has 2 heterocycles. The molecule has 0 spiro atoms. The van der Waals surface area contributed by atoms with Crippen LogP contribution in [0.25, 0.3) is 11.1 Å². The Morgan fingerprint density at radius 3 is 2.45 bits per heavy atom. The van der Waals surface area contributed by atoms with Crippen molar-refractivity contribution < 1.29 is 4.39 Å². The summed E-state index contributed by atoms with van der Waals surface area (Å²) >= 11 is 5.98. The monoisotopic (exact) mass is 403 g/mol. The first-order valence-corrected chi connectivity index (χ1v) is 9.65. The maximum absolute atomic E-state index is 13.3. The van der Waals surface area contributed by atoms with Crippen molar-refractivity contribution in [1.82, 2.24) is 9.66 Å². The van der Waals surface area contributed by atoms with Gasteiger partial charge in [-0.05, 0) is 60.5 Å². The quantitative estimate of drug-likeness (QED) is 0.368. The van der Waals surface area contributed by atoms with Gasteiger partial charge in [-0.1, -0.05) is 41.9 Å². The van der Waals surface area contributed by atoms with Crippen LogP contribution in [0.2, 0.25) is 5.02 Å². The standard InChI is InChI=1S/C24H19ClFN3/c1-17-3-2-4-23(27-17)24(15-18-5-11-22(26)12-6-18)28-29-14-13-20(16-29)19-7-9-21(25)10-8-19/h2-14,16H,15H2,1H3. The van der Waals surface area contributed by atoms with Crippen LogP contribution in [0.15, 0.2) is 90.3 Å². The van der Waals surface area contributed by atoms with Crippen molar-refractivity contribution in [2.75, 3.05) is 0 Å². The SMILES string of the molecule is Cc1cccc(C(Cc2ccc(F)cc2)=Nn2ccc(-c3ccc(Cl)cc3)c2)n1. The third-order valence-corrected chi connectivity index (χ3v) is 4.81. The molecule has 2 aromatic heterocycles. The second-order valence-corrected chi connectivity index (χ2v) is 7.24. The minimum absolute atomic E-state index is 0.251. The number of nitrogens with zero attached hydrogens (tertiary/aromatic N) is 3. The summed E-state index contributed by atoms with van der Waals surface area (Å²) in [6.45, 7) is 1.95. The predicted octanol–water partition coefficient (Wildman–Crippen LogP) is 6.15. The maximum atomic E-state index is 13.3. The van der Waals surface area contributed by atoms with Crippen molar-refractivity contribution in [3.8, 4) is 11.1 Å². The van der Waals surface area contributed by atoms with Crippen LogP contribution < -0.4 is 0 Å². The number of hydrogen-bond donors (Lipinski definition) is 0. The Balaban J connectivity index is 1.69. The summed E-state index contributed by atoms with van der Waals surface area (Å²) in [7, 11) is 0. The Kier molecular flexibility index (Phi) is 5.54. The third-order valence-electron chi connectivity index (χ3n) is 4.56. The van der Waals surface area contributed by atoms with E-state index in [1.165, 1.54) is 12.1 Å². The van der Waals surface area contributed by atoms with Gasteiger partial charge in [-0.3, -0.25) is 4.98 Å². The Bertz CT molecular complexity index is 1150. The molecule has 0 fully saturated rings. The van der Waals surface area contributed by atoms with Crippen LogP contribution in [0, 0.1) is 12.7 Å². The first kappa shape index (κ1) is 19.1. The first-order chi connectivity index (χ1) is 14.1. The van der Waals surface area contributed by atoms with Crippen LogP contribution >= 0.6 is 11.6 Å². The van der Waals surface area contributed by atoms with Crippen molar-refractivity contribution in [3.05, 3.63) is 113 Å². The molecule has 0 aliphatic carbocycles. The molecule has 0 amide bonds. The number of aromatic nitrogens is 2. The van der Waals surface area contributed by atoms with Crippen molar-refractivity contribution in [2.45, 2.75) is 13.3 Å². The van der Waals surface area contributed by atoms with E-state index in [-0.39, 0.29) is 5.82 Å². The minimum Gasteiger partial charge on any atom is -0.252 e. The van der Waals surface area contributed by atoms with Gasteiger partial charge in [-0.15, -0.1) is 0 Å². The van der Waals surface area contributed by atoms with E-state index in [0.29, 0.717) is 11.4 Å². The van der Waals surface area contributed by atoms with Gasteiger partial charge in [0, 0.05) is 35.1 Å². The lowest BCUT2D eigenvalue weighted by molar-refractivity contribution is 0.627. The van der Waals surface area contributed by atoms with Crippen LogP contribution in [0.3, 0.4) is 0 Å². The Labute approximate surface area is 174 Å². The number of aryl methyl sites for hydroxylation is 1. The summed E-state index contributed by atoms with van der Waals surface area (Å²) in [5, 5.41) is 5.51. The summed E-state index contributed by atoms with van der Waals surface area (Å²) in [6, 6.07) is 22.0. The molecule has 0 bridgehead atoms. The van der Waals surface area contributed by atoms with Crippen LogP contribution in [0.5, 0.6) is 0 Å². The molecule has 29 heavy (non-hydrogen) atoms. The van der Waals surface area contributed by atoms with Gasteiger partial charge in [-0.25, -0.2) is 9.07 Å². The second-order valence-electron chi connectivity index (χ2n) is 6.80. The molecule has 5 heteroatoms. The molecule has 2 aromatic carbocycles. The van der Waals surface area contributed by atoms with Crippen molar-refractivity contribution >= 4 is 17.3 Å². The zero-order valence-electron chi connectivity index (χ0n) is 15.9. The lowest BCUT2D eigenvalue weighted by atomic mass is 10.1. The fourth-order valence-electron chi connectivity index (χ4n) is 3.08. The predicted molar refractivity (Wildman–Crippen MR) is 116 cm³/mol. The van der Waals surface area contributed by atoms with Gasteiger partial charge in [0.05, 0.1) is 11.4 Å². The number of halogens is 2. The minimum atomic E-state index is -0.251. The van der Waals surface area contributed by atoms with E-state index in [1.54, 1.807) is 16.8 Å². The Hall–Kier alpha value is -3.24. The average Bonchev–Trinajstić information content (AvgIpc) is 3.18. The molecule has 0 unspecified atom stereocenters. The molecule has 3 nitrogen and oxygen atoms in total. The van der Waals surface area contributed by atoms with Gasteiger partial charge in [0.1, 0.15) is 5.82 Å². The smallest absolute Gasteiger partial charge is 0.123 e. The van der Waals surface area contributed by atoms with E-state index in [2.05, 4.69) is 4.98 Å². The lowest BCUT2D eigenvalue weighted by Gasteiger charge is -2.08. The fraction of sp³-hybridized carbons (Fsp3) is 0.0833. The highest BCUT2D eigenvalue weighted by molar-refractivity contribution is 6.30. The van der Waals surface area contributed by atoms with E-state index in [0.717, 1.165) is 33.8 Å². The maximum Gasteiger partial charge on any atom is 0.123 e. The van der Waals surface area contributed by atoms with E-state index in [1.807, 2.05) is 67.8 Å². The molecule has 0 saturated carbocycles. The van der Waals surface area contributed by atoms with Crippen molar-refractivity contribution in [3.63, 3.8) is 0 Å². The van der Waals surface area contributed by atoms with Gasteiger partial charge in [-0.2, -0.15) is 5.10 Å².